The predicted molar refractivity (Wildman–Crippen MR) is 102 cm³/mol. The van der Waals surface area contributed by atoms with E-state index in [9.17, 15) is 9.59 Å². The van der Waals surface area contributed by atoms with Gasteiger partial charge in [-0.15, -0.1) is 0 Å². The molecule has 8 heteroatoms. The summed E-state index contributed by atoms with van der Waals surface area (Å²) in [5, 5.41) is 0.375. The number of amides is 2. The molecule has 6 nitrogen and oxygen atoms in total. The fourth-order valence-corrected chi connectivity index (χ4v) is 2.66. The highest BCUT2D eigenvalue weighted by Gasteiger charge is 2.10. The Hall–Kier alpha value is -2.25. The molecule has 2 rings (SSSR count). The van der Waals surface area contributed by atoms with E-state index in [4.69, 9.17) is 21.1 Å². The van der Waals surface area contributed by atoms with Crippen LogP contribution in [0.2, 0.25) is 5.02 Å². The van der Waals surface area contributed by atoms with Crippen LogP contribution < -0.4 is 20.3 Å². The first kappa shape index (κ1) is 20.1. The van der Waals surface area contributed by atoms with Crippen molar-refractivity contribution in [3.63, 3.8) is 0 Å². The number of benzene rings is 2. The average Bonchev–Trinajstić information content (AvgIpc) is 2.59. The molecule has 0 spiro atoms. The van der Waals surface area contributed by atoms with E-state index in [-0.39, 0.29) is 12.7 Å². The van der Waals surface area contributed by atoms with Gasteiger partial charge in [0.25, 0.3) is 11.8 Å². The molecule has 0 saturated heterocycles. The summed E-state index contributed by atoms with van der Waals surface area (Å²) in [6.07, 6.45) is 0.0493. The molecule has 0 radical (unpaired) electrons. The largest absolute Gasteiger partial charge is 0.491 e. The molecule has 0 aliphatic heterocycles. The maximum absolute atomic E-state index is 12.0. The summed E-state index contributed by atoms with van der Waals surface area (Å²) in [6, 6.07) is 11.6. The van der Waals surface area contributed by atoms with Gasteiger partial charge in [-0.25, -0.2) is 0 Å². The maximum atomic E-state index is 12.0. The van der Waals surface area contributed by atoms with Crippen molar-refractivity contribution < 1.29 is 19.1 Å². The Kier molecular flexibility index (Phi) is 7.29. The molecule has 0 fully saturated rings. The molecular weight excluding hydrogens is 424 g/mol. The van der Waals surface area contributed by atoms with Gasteiger partial charge in [0, 0.05) is 10.0 Å². The molecule has 26 heavy (non-hydrogen) atoms. The summed E-state index contributed by atoms with van der Waals surface area (Å²) < 4.78 is 11.6. The number of ether oxygens (including phenoxy) is 2. The van der Waals surface area contributed by atoms with Crippen LogP contribution in [0.5, 0.6) is 11.5 Å². The molecule has 0 aliphatic rings. The number of rotatable bonds is 6. The quantitative estimate of drug-likeness (QED) is 0.670. The number of hydrogen-bond acceptors (Lipinski definition) is 4. The van der Waals surface area contributed by atoms with Gasteiger partial charge in [0.05, 0.1) is 11.1 Å². The van der Waals surface area contributed by atoms with Crippen LogP contribution in [0.3, 0.4) is 0 Å². The molecule has 2 amide bonds. The van der Waals surface area contributed by atoms with E-state index in [1.165, 1.54) is 0 Å². The van der Waals surface area contributed by atoms with Crippen LogP contribution in [0.25, 0.3) is 0 Å². The van der Waals surface area contributed by atoms with Gasteiger partial charge in [-0.05, 0) is 56.3 Å². The van der Waals surface area contributed by atoms with Crippen LogP contribution in [0.1, 0.15) is 24.2 Å². The lowest BCUT2D eigenvalue weighted by atomic mass is 10.2. The van der Waals surface area contributed by atoms with Crippen molar-refractivity contribution in [2.75, 3.05) is 6.61 Å². The molecule has 0 saturated carbocycles. The molecule has 0 aliphatic carbocycles. The zero-order chi connectivity index (χ0) is 19.1. The van der Waals surface area contributed by atoms with Crippen molar-refractivity contribution in [3.05, 3.63) is 57.5 Å². The van der Waals surface area contributed by atoms with Gasteiger partial charge in [-0.2, -0.15) is 0 Å². The van der Waals surface area contributed by atoms with Gasteiger partial charge in [0.15, 0.2) is 6.61 Å². The standard InChI is InChI=1S/C18H18BrClN2O4/c1-11(2)26-14-6-3-12(4-7-14)18(24)22-21-17(23)10-25-16-8-5-13(19)9-15(16)20/h3-9,11H,10H2,1-2H3,(H,21,23)(H,22,24). The van der Waals surface area contributed by atoms with E-state index in [1.807, 2.05) is 13.8 Å². The van der Waals surface area contributed by atoms with Crippen LogP contribution in [0.15, 0.2) is 46.9 Å². The fourth-order valence-electron chi connectivity index (χ4n) is 1.93. The van der Waals surface area contributed by atoms with E-state index >= 15 is 0 Å². The number of hydrogen-bond donors (Lipinski definition) is 2. The molecular formula is C18H18BrClN2O4. The number of carbonyl (C=O) groups is 2. The highest BCUT2D eigenvalue weighted by molar-refractivity contribution is 9.10. The average molecular weight is 442 g/mol. The van der Waals surface area contributed by atoms with E-state index in [0.717, 1.165) is 4.47 Å². The van der Waals surface area contributed by atoms with Crippen LogP contribution in [0.4, 0.5) is 0 Å². The van der Waals surface area contributed by atoms with Crippen molar-refractivity contribution in [1.29, 1.82) is 0 Å². The molecule has 0 heterocycles. The topological polar surface area (TPSA) is 76.7 Å². The van der Waals surface area contributed by atoms with Gasteiger partial charge < -0.3 is 9.47 Å². The van der Waals surface area contributed by atoms with Crippen molar-refractivity contribution in [1.82, 2.24) is 10.9 Å². The normalized spacial score (nSPS) is 10.3. The molecule has 0 aromatic heterocycles. The lowest BCUT2D eigenvalue weighted by Gasteiger charge is -2.11. The fraction of sp³-hybridized carbons (Fsp3) is 0.222. The summed E-state index contributed by atoms with van der Waals surface area (Å²) in [7, 11) is 0. The number of hydrazine groups is 1. The maximum Gasteiger partial charge on any atom is 0.276 e. The summed E-state index contributed by atoms with van der Waals surface area (Å²) >= 11 is 9.28. The molecule has 0 atom stereocenters. The van der Waals surface area contributed by atoms with Gasteiger partial charge >= 0.3 is 0 Å². The van der Waals surface area contributed by atoms with Gasteiger partial charge in [-0.1, -0.05) is 27.5 Å². The lowest BCUT2D eigenvalue weighted by molar-refractivity contribution is -0.123. The van der Waals surface area contributed by atoms with Crippen molar-refractivity contribution in [2.45, 2.75) is 20.0 Å². The van der Waals surface area contributed by atoms with Crippen LogP contribution in [-0.2, 0) is 4.79 Å². The molecule has 0 unspecified atom stereocenters. The molecule has 2 N–H and O–H groups in total. The van der Waals surface area contributed by atoms with Crippen molar-refractivity contribution in [3.8, 4) is 11.5 Å². The van der Waals surface area contributed by atoms with E-state index in [2.05, 4.69) is 26.8 Å². The molecule has 138 valence electrons. The first-order valence-electron chi connectivity index (χ1n) is 7.79. The first-order chi connectivity index (χ1) is 12.3. The zero-order valence-electron chi connectivity index (χ0n) is 14.2. The minimum atomic E-state index is -0.517. The van der Waals surface area contributed by atoms with Crippen LogP contribution in [-0.4, -0.2) is 24.5 Å². The minimum absolute atomic E-state index is 0.0493. The van der Waals surface area contributed by atoms with Gasteiger partial charge in [0.1, 0.15) is 11.5 Å². The molecule has 0 bridgehead atoms. The first-order valence-corrected chi connectivity index (χ1v) is 8.96. The lowest BCUT2D eigenvalue weighted by Crippen LogP contribution is -2.43. The molecule has 2 aromatic rings. The molecule has 2 aromatic carbocycles. The SMILES string of the molecule is CC(C)Oc1ccc(C(=O)NNC(=O)COc2ccc(Br)cc2Cl)cc1. The van der Waals surface area contributed by atoms with Gasteiger partial charge in [-0.3, -0.25) is 20.4 Å². The second-order valence-corrected chi connectivity index (χ2v) is 6.88. The summed E-state index contributed by atoms with van der Waals surface area (Å²) in [4.78, 5) is 23.8. The predicted octanol–water partition coefficient (Wildman–Crippen LogP) is 3.73. The van der Waals surface area contributed by atoms with Crippen molar-refractivity contribution >= 4 is 39.3 Å². The van der Waals surface area contributed by atoms with Crippen LogP contribution in [0, 0.1) is 0 Å². The zero-order valence-corrected chi connectivity index (χ0v) is 16.6. The number of carbonyl (C=O) groups excluding carboxylic acids is 2. The highest BCUT2D eigenvalue weighted by Crippen LogP contribution is 2.27. The Morgan fingerprint density at radius 2 is 1.81 bits per heavy atom. The number of halogens is 2. The Bertz CT molecular complexity index is 781. The third-order valence-corrected chi connectivity index (χ3v) is 3.85. The summed E-state index contributed by atoms with van der Waals surface area (Å²) in [5.41, 5.74) is 4.99. The third kappa shape index (κ3) is 6.24. The highest BCUT2D eigenvalue weighted by atomic mass is 79.9. The monoisotopic (exact) mass is 440 g/mol. The van der Waals surface area contributed by atoms with Crippen LogP contribution >= 0.6 is 27.5 Å². The summed E-state index contributed by atoms with van der Waals surface area (Å²) in [5.74, 6) is 0.0747. The summed E-state index contributed by atoms with van der Waals surface area (Å²) in [6.45, 7) is 3.54. The smallest absolute Gasteiger partial charge is 0.276 e. The van der Waals surface area contributed by atoms with Crippen molar-refractivity contribution in [2.24, 2.45) is 0 Å². The Labute approximate surface area is 164 Å². The Morgan fingerprint density at radius 1 is 1.12 bits per heavy atom. The Balaban J connectivity index is 1.80. The minimum Gasteiger partial charge on any atom is -0.491 e. The second-order valence-electron chi connectivity index (χ2n) is 5.56. The Morgan fingerprint density at radius 3 is 2.42 bits per heavy atom. The van der Waals surface area contributed by atoms with E-state index in [0.29, 0.717) is 22.1 Å². The number of nitrogens with one attached hydrogen (secondary N) is 2. The van der Waals surface area contributed by atoms with E-state index < -0.39 is 11.8 Å². The third-order valence-electron chi connectivity index (χ3n) is 3.06. The second kappa shape index (κ2) is 9.45. The van der Waals surface area contributed by atoms with E-state index in [1.54, 1.807) is 42.5 Å². The van der Waals surface area contributed by atoms with Gasteiger partial charge in [0.2, 0.25) is 0 Å².